The van der Waals surface area contributed by atoms with Gasteiger partial charge in [-0.3, -0.25) is 29.8 Å². The molecule has 37 atom stereocenters. The maximum atomic E-state index is 14.0. The first-order chi connectivity index (χ1) is 53.2. The average Bonchev–Trinajstić information content (AvgIpc) is 1.55. The predicted molar refractivity (Wildman–Crippen MR) is 432 cm³/mol. The number of halogens is 5. The van der Waals surface area contributed by atoms with Crippen molar-refractivity contribution >= 4 is 92.3 Å². The van der Waals surface area contributed by atoms with Gasteiger partial charge in [-0.2, -0.15) is 0 Å². The van der Waals surface area contributed by atoms with Crippen molar-refractivity contribution in [3.05, 3.63) is 68.8 Å². The number of rotatable bonds is 6. The van der Waals surface area contributed by atoms with Gasteiger partial charge < -0.3 is 85.7 Å². The summed E-state index contributed by atoms with van der Waals surface area (Å²) in [7, 11) is 0.889. The van der Waals surface area contributed by atoms with E-state index >= 15 is 0 Å². The Morgan fingerprint density at radius 2 is 0.856 bits per heavy atom. The summed E-state index contributed by atoms with van der Waals surface area (Å²) in [4.78, 5) is 58.5. The molecule has 20 saturated heterocycles. The quantitative estimate of drug-likeness (QED) is 0.0850. The van der Waals surface area contributed by atoms with E-state index in [0.29, 0.717) is 83.4 Å². The second kappa shape index (κ2) is 37.6. The molecule has 20 fully saturated rings. The Morgan fingerprint density at radius 3 is 1.29 bits per heavy atom. The van der Waals surface area contributed by atoms with Crippen LogP contribution in [0.2, 0.25) is 0 Å². The van der Waals surface area contributed by atoms with Crippen molar-refractivity contribution in [1.29, 1.82) is 0 Å². The standard InChI is InChI=1S/C40H57NO12.C39H54O10.CH3NO2.I3.I2/c1-19-11-25-5-7-29-20(2)12-27(46-29)9-10-40-17-34-36(52-40)37-38(51-34)39(53-40)35-30(50-37)8-6-26(48-35)13-23(42)14-28-22(4)31(15-24(43)18-41(44)45)49-33(28)16-32(47-25)21(19)3;1-19-13-24-5-7-28-20(2)14-26(42-28)9-11-39-18-33-35(48-39)36-37(47-33)38(49-39)34-30(46-36)8-6-25(44-34)15-23(41)16-27-22(4)29(10-12-40)45-32(27)17-31(43-24)21(19)3;1-2(3)4;1-3-2;1-2/h19,22,24-39,43H,2-3,5-18H2,1,4H3;12,19,22,24-38H,2-3,5-11,13-18H2,1,4H3;1H3;;/q;;;-1;/t19-,22-,24?,25?,26-,27?,28-,29+,30+,31-,32-,33?,34-,35+,36+,37+,38-,39?,40+;19-,22-,24?,25-,26?,27-,28+,29-,30+,31-,32?,33-,34+,35+,36+,37-,38?,39+;;;/m11.../s1. The van der Waals surface area contributed by atoms with Crippen molar-refractivity contribution in [1.82, 2.24) is 0 Å². The normalized spacial score (nSPS) is 49.0. The SMILES string of the molecule is C=C1CC2CC[C@@]34C[C@H]5O[C@H]6C(O3)[C@H]3O[C@H](CC[C@@H]3O[C@H]6[C@H]5O4)CC(=O)C[C@H]3C(C[C@H]4OC(CC[C@@H]1O2)C[C@@H](C)C4=C)O[C@H](CC(O)C[N+](=O)[O-])[C@@H]3C.C=C1CC2CC[C@@]34C[C@H]5O[C@H]6C(O3)[C@H]3O[C@H](CC[C@@H]3O[C@H]6[C@H]5O4)CC(=O)C[C@H]3C(C[C@H]4OC(CC[C@@H]1O2)C[C@@H](C)C4=C)O[C@H](CC=O)[C@@H]3C.C[N+](=O)[O-].II.I[I-]I. The number of carbonyl (C=O) groups is 3. The average molecular weight is 2120 g/mol. The first-order valence-corrected chi connectivity index (χ1v) is 59.7. The Balaban J connectivity index is 0.000000168. The van der Waals surface area contributed by atoms with Gasteiger partial charge in [0.1, 0.15) is 85.0 Å². The molecule has 0 amide bonds. The molecule has 0 aliphatic carbocycles. The molecule has 0 saturated carbocycles. The van der Waals surface area contributed by atoms with E-state index in [4.69, 9.17) is 85.9 Å². The van der Waals surface area contributed by atoms with Gasteiger partial charge >= 0.3 is 50.5 Å². The summed E-state index contributed by atoms with van der Waals surface area (Å²) < 4.78 is 107. The molecule has 20 rings (SSSR count). The molecule has 0 aromatic rings. The van der Waals surface area contributed by atoms with Crippen molar-refractivity contribution in [2.45, 2.75) is 383 Å². The fourth-order valence-electron chi connectivity index (χ4n) is 22.4. The van der Waals surface area contributed by atoms with Crippen LogP contribution in [0.1, 0.15) is 195 Å². The van der Waals surface area contributed by atoms with Gasteiger partial charge in [0.05, 0.1) is 110 Å². The van der Waals surface area contributed by atoms with Crippen LogP contribution >= 0.6 is 74.5 Å². The summed E-state index contributed by atoms with van der Waals surface area (Å²) in [6.07, 6.45) is 12.0. The van der Waals surface area contributed by atoms with Crippen molar-refractivity contribution in [3.63, 3.8) is 0 Å². The zero-order chi connectivity index (χ0) is 78.6. The van der Waals surface area contributed by atoms with Crippen molar-refractivity contribution < 1.29 is 118 Å². The van der Waals surface area contributed by atoms with E-state index in [1.165, 1.54) is 0 Å². The van der Waals surface area contributed by atoms with E-state index in [2.05, 4.69) is 122 Å². The topological polar surface area (TPSA) is 305 Å². The summed E-state index contributed by atoms with van der Waals surface area (Å²) in [5.41, 5.74) is 4.39. The van der Waals surface area contributed by atoms with E-state index in [9.17, 15) is 29.6 Å². The van der Waals surface area contributed by atoms with Crippen LogP contribution in [0.5, 0.6) is 0 Å². The molecule has 0 aromatic carbocycles. The summed E-state index contributed by atoms with van der Waals surface area (Å²) in [5, 5.41) is 30.5. The first kappa shape index (κ1) is 87.1. The van der Waals surface area contributed by atoms with Gasteiger partial charge in [-0.15, -0.1) is 0 Å². The number of nitrogens with zero attached hydrogens (tertiary/aromatic N) is 2. The third-order valence-electron chi connectivity index (χ3n) is 28.0. The molecule has 20 aliphatic heterocycles. The minimum absolute atomic E-state index is 0.00531. The van der Waals surface area contributed by atoms with Crippen LogP contribution in [0.25, 0.3) is 0 Å². The van der Waals surface area contributed by atoms with Crippen LogP contribution in [-0.2, 0) is 90.2 Å². The number of hydrogen-bond acceptors (Lipinski definition) is 24. The molecular formula is C80H114I5N2O24-. The molecule has 0 radical (unpaired) electrons. The third kappa shape index (κ3) is 19.3. The fraction of sp³-hybridized carbons (Fsp3) is 0.863. The second-order valence-electron chi connectivity index (χ2n) is 35.2. The van der Waals surface area contributed by atoms with Gasteiger partial charge in [0, 0.05) is 124 Å². The number of hydrogen-bond donors (Lipinski definition) is 1. The third-order valence-corrected chi connectivity index (χ3v) is 28.0. The molecule has 20 aliphatic rings. The molecule has 111 heavy (non-hydrogen) atoms. The maximum absolute atomic E-state index is 14.0. The zero-order valence-corrected chi connectivity index (χ0v) is 75.1. The summed E-state index contributed by atoms with van der Waals surface area (Å²) in [6.45, 7) is 25.8. The predicted octanol–water partition coefficient (Wildman–Crippen LogP) is 9.76. The zero-order valence-electron chi connectivity index (χ0n) is 64.3. The van der Waals surface area contributed by atoms with Crippen molar-refractivity contribution in [2.24, 2.45) is 35.5 Å². The van der Waals surface area contributed by atoms with Crippen molar-refractivity contribution in [2.75, 3.05) is 13.6 Å². The summed E-state index contributed by atoms with van der Waals surface area (Å²) in [6, 6.07) is 0. The van der Waals surface area contributed by atoms with Crippen LogP contribution in [0.3, 0.4) is 0 Å². The van der Waals surface area contributed by atoms with Crippen LogP contribution in [0.15, 0.2) is 48.6 Å². The van der Waals surface area contributed by atoms with Gasteiger partial charge in [0.25, 0.3) is 0 Å². The Kier molecular flexibility index (Phi) is 29.5. The van der Waals surface area contributed by atoms with Crippen LogP contribution in [0, 0.1) is 55.7 Å². The van der Waals surface area contributed by atoms with Gasteiger partial charge in [-0.25, -0.2) is 0 Å². The monoisotopic (exact) mass is 2120 g/mol. The van der Waals surface area contributed by atoms with E-state index in [1.54, 1.807) is 0 Å². The number of nitro groups is 2. The first-order valence-electron chi connectivity index (χ1n) is 40.9. The molecule has 624 valence electrons. The molecule has 26 nitrogen and oxygen atoms in total. The molecule has 20 heterocycles. The van der Waals surface area contributed by atoms with Gasteiger partial charge in [0.15, 0.2) is 18.6 Å². The van der Waals surface area contributed by atoms with E-state index in [1.807, 2.05) is 6.92 Å². The Hall–Kier alpha value is -0.260. The fourth-order valence-corrected chi connectivity index (χ4v) is 22.4. The van der Waals surface area contributed by atoms with Gasteiger partial charge in [0.2, 0.25) is 6.54 Å². The minimum atomic E-state index is -1.14. The van der Waals surface area contributed by atoms with Crippen LogP contribution in [-0.4, -0.2) is 235 Å². The van der Waals surface area contributed by atoms with Gasteiger partial charge in [-0.1, -0.05) is 54.0 Å². The molecule has 31 heteroatoms. The number of fused-ring (bicyclic) bond motifs is 12. The molecule has 0 aromatic heterocycles. The summed E-state index contributed by atoms with van der Waals surface area (Å²) in [5.74, 6) is -0.922. The molecule has 9 unspecified atom stereocenters. The number of aliphatic hydroxyl groups excluding tert-OH is 1. The second-order valence-corrected chi connectivity index (χ2v) is 51.5. The number of aldehydes is 1. The molecule has 2 spiro atoms. The van der Waals surface area contributed by atoms with E-state index in [0.717, 1.165) is 119 Å². The van der Waals surface area contributed by atoms with E-state index < -0.39 is 40.2 Å². The summed E-state index contributed by atoms with van der Waals surface area (Å²) >= 11 is 9.54. The molecular weight excluding hydrogens is 2010 g/mol. The van der Waals surface area contributed by atoms with Gasteiger partial charge in [-0.05, 0) is 148 Å². The Morgan fingerprint density at radius 1 is 0.477 bits per heavy atom. The number of ether oxygens (including phenoxy) is 16. The number of carbonyl (C=O) groups excluding carboxylic acids is 3. The molecule has 1 N–H and O–H groups in total. The van der Waals surface area contributed by atoms with Crippen molar-refractivity contribution in [3.8, 4) is 0 Å². The van der Waals surface area contributed by atoms with E-state index in [-0.39, 0.29) is 225 Å². The Bertz CT molecular complexity index is 3360. The number of Topliss-reactive ketones (excluding diaryl/α,β-unsaturated/α-hetero) is 2. The molecule has 24 bridgehead atoms. The van der Waals surface area contributed by atoms with Crippen LogP contribution in [0.4, 0.5) is 0 Å². The number of aliphatic hydroxyl groups is 1. The number of ketones is 2. The van der Waals surface area contributed by atoms with Crippen LogP contribution < -0.4 is 13.3 Å². The Labute approximate surface area is 705 Å².